The highest BCUT2D eigenvalue weighted by molar-refractivity contribution is 7.92. The van der Waals surface area contributed by atoms with Crippen molar-refractivity contribution in [1.82, 2.24) is 5.32 Å². The lowest BCUT2D eigenvalue weighted by atomic mass is 10.1. The lowest BCUT2D eigenvalue weighted by Gasteiger charge is -2.28. The van der Waals surface area contributed by atoms with Crippen LogP contribution in [0.1, 0.15) is 23.6 Å². The van der Waals surface area contributed by atoms with Gasteiger partial charge in [-0.05, 0) is 56.0 Å². The topological polar surface area (TPSA) is 66.5 Å². The quantitative estimate of drug-likeness (QED) is 0.810. The minimum Gasteiger partial charge on any atom is -0.354 e. The number of rotatable bonds is 7. The number of nitrogens with one attached hydrogen (secondary N) is 1. The summed E-state index contributed by atoms with van der Waals surface area (Å²) >= 11 is 0. The number of amides is 1. The first-order valence-electron chi connectivity index (χ1n) is 8.58. The van der Waals surface area contributed by atoms with E-state index < -0.39 is 16.1 Å². The number of anilines is 1. The molecule has 5 nitrogen and oxygen atoms in total. The average molecular weight is 375 g/mol. The predicted octanol–water partition coefficient (Wildman–Crippen LogP) is 2.82. The minimum absolute atomic E-state index is 0.315. The summed E-state index contributed by atoms with van der Waals surface area (Å²) in [6, 6.07) is 14.4. The molecule has 0 saturated carbocycles. The van der Waals surface area contributed by atoms with Crippen LogP contribution in [-0.4, -0.2) is 33.2 Å². The smallest absolute Gasteiger partial charge is 0.243 e. The maximum absolute atomic E-state index is 12.5. The van der Waals surface area contributed by atoms with Crippen LogP contribution < -0.4 is 9.62 Å². The Kier molecular flexibility index (Phi) is 6.42. The Bertz CT molecular complexity index is 864. The lowest BCUT2D eigenvalue weighted by molar-refractivity contribution is -0.121. The van der Waals surface area contributed by atoms with Crippen LogP contribution in [-0.2, 0) is 21.2 Å². The van der Waals surface area contributed by atoms with Gasteiger partial charge in [-0.1, -0.05) is 36.4 Å². The monoisotopic (exact) mass is 374 g/mol. The summed E-state index contributed by atoms with van der Waals surface area (Å²) in [5.74, 6) is -0.315. The van der Waals surface area contributed by atoms with Gasteiger partial charge in [0.05, 0.1) is 11.9 Å². The largest absolute Gasteiger partial charge is 0.354 e. The molecule has 0 saturated heterocycles. The van der Waals surface area contributed by atoms with Gasteiger partial charge in [0, 0.05) is 6.54 Å². The van der Waals surface area contributed by atoms with Gasteiger partial charge in [0.1, 0.15) is 6.04 Å². The first kappa shape index (κ1) is 20.0. The normalized spacial score (nSPS) is 12.5. The average Bonchev–Trinajstić information content (AvgIpc) is 2.58. The van der Waals surface area contributed by atoms with Crippen LogP contribution in [0.5, 0.6) is 0 Å². The van der Waals surface area contributed by atoms with Crippen molar-refractivity contribution in [2.24, 2.45) is 0 Å². The number of carbonyl (C=O) groups is 1. The molecule has 6 heteroatoms. The number of sulfonamides is 1. The van der Waals surface area contributed by atoms with Crippen LogP contribution >= 0.6 is 0 Å². The molecule has 0 spiro atoms. The molecular weight excluding hydrogens is 348 g/mol. The molecule has 0 aliphatic rings. The fraction of sp³-hybridized carbons (Fsp3) is 0.350. The van der Waals surface area contributed by atoms with Crippen molar-refractivity contribution in [3.63, 3.8) is 0 Å². The van der Waals surface area contributed by atoms with Crippen LogP contribution in [0.15, 0.2) is 48.5 Å². The Hall–Kier alpha value is -2.34. The van der Waals surface area contributed by atoms with E-state index in [0.29, 0.717) is 18.7 Å². The van der Waals surface area contributed by atoms with Crippen LogP contribution in [0.3, 0.4) is 0 Å². The van der Waals surface area contributed by atoms with Gasteiger partial charge in [0.25, 0.3) is 0 Å². The third kappa shape index (κ3) is 5.08. The number of hydrogen-bond donors (Lipinski definition) is 1. The molecule has 1 amide bonds. The highest BCUT2D eigenvalue weighted by Gasteiger charge is 2.29. The second-order valence-electron chi connectivity index (χ2n) is 6.53. The molecule has 0 bridgehead atoms. The van der Waals surface area contributed by atoms with Crippen LogP contribution in [0.25, 0.3) is 0 Å². The maximum atomic E-state index is 12.5. The SMILES string of the molecule is Cc1ccc(N([C@H](C)C(=O)NCCc2ccccc2)S(C)(=O)=O)cc1C. The third-order valence-electron chi connectivity index (χ3n) is 4.39. The van der Waals surface area contributed by atoms with Crippen molar-refractivity contribution >= 4 is 21.6 Å². The molecular formula is C20H26N2O3S. The van der Waals surface area contributed by atoms with Crippen molar-refractivity contribution in [3.05, 3.63) is 65.2 Å². The Morgan fingerprint density at radius 2 is 1.73 bits per heavy atom. The molecule has 0 radical (unpaired) electrons. The molecule has 2 aromatic carbocycles. The molecule has 0 aromatic heterocycles. The van der Waals surface area contributed by atoms with Gasteiger partial charge >= 0.3 is 0 Å². The van der Waals surface area contributed by atoms with E-state index in [1.807, 2.05) is 50.2 Å². The van der Waals surface area contributed by atoms with E-state index >= 15 is 0 Å². The Morgan fingerprint density at radius 3 is 2.31 bits per heavy atom. The van der Waals surface area contributed by atoms with E-state index in [1.165, 1.54) is 4.31 Å². The van der Waals surface area contributed by atoms with E-state index in [2.05, 4.69) is 5.32 Å². The summed E-state index contributed by atoms with van der Waals surface area (Å²) in [5.41, 5.74) is 3.67. The van der Waals surface area contributed by atoms with Crippen LogP contribution in [0.4, 0.5) is 5.69 Å². The first-order chi connectivity index (χ1) is 12.2. The highest BCUT2D eigenvalue weighted by atomic mass is 32.2. The van der Waals surface area contributed by atoms with E-state index in [9.17, 15) is 13.2 Å². The standard InChI is InChI=1S/C20H26N2O3S/c1-15-10-11-19(14-16(15)2)22(26(4,24)25)17(3)20(23)21-13-12-18-8-6-5-7-9-18/h5-11,14,17H,12-13H2,1-4H3,(H,21,23)/t17-/m1/s1. The Balaban J connectivity index is 2.12. The summed E-state index contributed by atoms with van der Waals surface area (Å²) in [5, 5.41) is 2.83. The summed E-state index contributed by atoms with van der Waals surface area (Å²) in [6.07, 6.45) is 1.82. The van der Waals surface area contributed by atoms with Crippen molar-refractivity contribution in [2.45, 2.75) is 33.2 Å². The van der Waals surface area contributed by atoms with Gasteiger partial charge in [-0.3, -0.25) is 9.10 Å². The summed E-state index contributed by atoms with van der Waals surface area (Å²) < 4.78 is 25.8. The fourth-order valence-electron chi connectivity index (χ4n) is 2.79. The molecule has 2 rings (SSSR count). The zero-order chi connectivity index (χ0) is 19.3. The van der Waals surface area contributed by atoms with Crippen molar-refractivity contribution in [1.29, 1.82) is 0 Å². The predicted molar refractivity (Wildman–Crippen MR) is 106 cm³/mol. The Labute approximate surface area is 156 Å². The van der Waals surface area contributed by atoms with Gasteiger partial charge in [0.2, 0.25) is 15.9 Å². The minimum atomic E-state index is -3.60. The van der Waals surface area contributed by atoms with Crippen LogP contribution in [0, 0.1) is 13.8 Å². The number of carbonyl (C=O) groups excluding carboxylic acids is 1. The molecule has 0 aliphatic carbocycles. The first-order valence-corrected chi connectivity index (χ1v) is 10.4. The maximum Gasteiger partial charge on any atom is 0.243 e. The van der Waals surface area contributed by atoms with Crippen molar-refractivity contribution in [2.75, 3.05) is 17.1 Å². The van der Waals surface area contributed by atoms with E-state index in [1.54, 1.807) is 19.1 Å². The molecule has 1 N–H and O–H groups in total. The summed E-state index contributed by atoms with van der Waals surface area (Å²) in [4.78, 5) is 12.5. The molecule has 0 unspecified atom stereocenters. The number of benzene rings is 2. The molecule has 2 aromatic rings. The van der Waals surface area contributed by atoms with E-state index in [-0.39, 0.29) is 5.91 Å². The number of aryl methyl sites for hydroxylation is 2. The number of hydrogen-bond acceptors (Lipinski definition) is 3. The van der Waals surface area contributed by atoms with Crippen molar-refractivity contribution < 1.29 is 13.2 Å². The fourth-order valence-corrected chi connectivity index (χ4v) is 3.96. The molecule has 0 heterocycles. The van der Waals surface area contributed by atoms with Crippen LogP contribution in [0.2, 0.25) is 0 Å². The summed E-state index contributed by atoms with van der Waals surface area (Å²) in [6.45, 7) is 5.94. The van der Waals surface area contributed by atoms with Gasteiger partial charge in [-0.15, -0.1) is 0 Å². The summed E-state index contributed by atoms with van der Waals surface area (Å²) in [7, 11) is -3.60. The van der Waals surface area contributed by atoms with Gasteiger partial charge in [-0.25, -0.2) is 8.42 Å². The molecule has 0 aliphatic heterocycles. The Morgan fingerprint density at radius 1 is 1.08 bits per heavy atom. The molecule has 0 fully saturated rings. The van der Waals surface area contributed by atoms with Crippen molar-refractivity contribution in [3.8, 4) is 0 Å². The second-order valence-corrected chi connectivity index (χ2v) is 8.39. The zero-order valence-corrected chi connectivity index (χ0v) is 16.5. The van der Waals surface area contributed by atoms with Gasteiger partial charge < -0.3 is 5.32 Å². The molecule has 1 atom stereocenters. The van der Waals surface area contributed by atoms with Gasteiger partial charge in [0.15, 0.2) is 0 Å². The highest BCUT2D eigenvalue weighted by Crippen LogP contribution is 2.23. The molecule has 140 valence electrons. The van der Waals surface area contributed by atoms with Gasteiger partial charge in [-0.2, -0.15) is 0 Å². The van der Waals surface area contributed by atoms with E-state index in [4.69, 9.17) is 0 Å². The van der Waals surface area contributed by atoms with E-state index in [0.717, 1.165) is 22.9 Å². The second kappa shape index (κ2) is 8.36. The zero-order valence-electron chi connectivity index (χ0n) is 15.7. The third-order valence-corrected chi connectivity index (χ3v) is 5.63. The lowest BCUT2D eigenvalue weighted by Crippen LogP contribution is -2.48. The molecule has 26 heavy (non-hydrogen) atoms. The number of nitrogens with zero attached hydrogens (tertiary/aromatic N) is 1.